The van der Waals surface area contributed by atoms with Crippen LogP contribution in [-0.2, 0) is 18.3 Å². The van der Waals surface area contributed by atoms with Crippen molar-refractivity contribution >= 4 is 29.1 Å². The Labute approximate surface area is 160 Å². The Hall–Kier alpha value is -2.37. The number of hydrogen-bond acceptors (Lipinski definition) is 2. The van der Waals surface area contributed by atoms with E-state index in [1.807, 2.05) is 7.05 Å². The standard InChI is InChI=1S/C19H16Cl2FN3O/c1-25-8-7-23-19(25)18(13-3-2-4-15(22)9-13)24-17(26)10-12-5-6-14(20)11-16(12)21/h2-9,11,18H,10H2,1H3,(H,24,26). The lowest BCUT2D eigenvalue weighted by molar-refractivity contribution is -0.121. The Morgan fingerprint density at radius 1 is 1.27 bits per heavy atom. The van der Waals surface area contributed by atoms with Crippen LogP contribution in [0.3, 0.4) is 0 Å². The van der Waals surface area contributed by atoms with Crippen molar-refractivity contribution in [2.75, 3.05) is 0 Å². The van der Waals surface area contributed by atoms with Gasteiger partial charge in [0, 0.05) is 29.5 Å². The first-order valence-electron chi connectivity index (χ1n) is 7.90. The number of amides is 1. The Morgan fingerprint density at radius 3 is 2.73 bits per heavy atom. The maximum absolute atomic E-state index is 13.7. The van der Waals surface area contributed by atoms with Gasteiger partial charge in [0.05, 0.1) is 6.42 Å². The van der Waals surface area contributed by atoms with E-state index in [0.29, 0.717) is 27.0 Å². The van der Waals surface area contributed by atoms with Crippen LogP contribution in [0.25, 0.3) is 0 Å². The quantitative estimate of drug-likeness (QED) is 0.703. The summed E-state index contributed by atoms with van der Waals surface area (Å²) in [5.74, 6) is -0.0330. The molecule has 2 aromatic carbocycles. The lowest BCUT2D eigenvalue weighted by atomic mass is 10.0. The molecule has 1 N–H and O–H groups in total. The summed E-state index contributed by atoms with van der Waals surface area (Å²) in [7, 11) is 1.82. The zero-order chi connectivity index (χ0) is 18.7. The van der Waals surface area contributed by atoms with Crippen LogP contribution < -0.4 is 5.32 Å². The molecule has 0 saturated heterocycles. The first kappa shape index (κ1) is 18.4. The summed E-state index contributed by atoms with van der Waals surface area (Å²) in [6, 6.07) is 10.5. The van der Waals surface area contributed by atoms with Crippen LogP contribution in [0.5, 0.6) is 0 Å². The normalized spacial score (nSPS) is 12.0. The van der Waals surface area contributed by atoms with Crippen LogP contribution in [0.2, 0.25) is 10.0 Å². The van der Waals surface area contributed by atoms with Crippen LogP contribution >= 0.6 is 23.2 Å². The Morgan fingerprint density at radius 2 is 2.08 bits per heavy atom. The zero-order valence-corrected chi connectivity index (χ0v) is 15.4. The summed E-state index contributed by atoms with van der Waals surface area (Å²) < 4.78 is 15.5. The average Bonchev–Trinajstić information content (AvgIpc) is 3.01. The highest BCUT2D eigenvalue weighted by molar-refractivity contribution is 6.35. The summed E-state index contributed by atoms with van der Waals surface area (Å²) in [6.07, 6.45) is 3.47. The van der Waals surface area contributed by atoms with Gasteiger partial charge in [-0.2, -0.15) is 0 Å². The highest BCUT2D eigenvalue weighted by Gasteiger charge is 2.21. The topological polar surface area (TPSA) is 46.9 Å². The molecule has 0 aliphatic carbocycles. The third kappa shape index (κ3) is 4.23. The summed E-state index contributed by atoms with van der Waals surface area (Å²) >= 11 is 12.0. The Bertz CT molecular complexity index is 942. The molecule has 7 heteroatoms. The van der Waals surface area contributed by atoms with Crippen LogP contribution in [-0.4, -0.2) is 15.5 Å². The van der Waals surface area contributed by atoms with E-state index >= 15 is 0 Å². The lowest BCUT2D eigenvalue weighted by Gasteiger charge is -2.19. The van der Waals surface area contributed by atoms with Crippen LogP contribution in [0, 0.1) is 5.82 Å². The molecule has 0 spiro atoms. The highest BCUT2D eigenvalue weighted by atomic mass is 35.5. The molecule has 3 rings (SSSR count). The maximum atomic E-state index is 13.7. The van der Waals surface area contributed by atoms with Gasteiger partial charge in [-0.3, -0.25) is 4.79 Å². The van der Waals surface area contributed by atoms with Crippen molar-refractivity contribution in [3.05, 3.63) is 87.7 Å². The number of nitrogens with one attached hydrogen (secondary N) is 1. The van der Waals surface area contributed by atoms with Gasteiger partial charge in [-0.05, 0) is 35.4 Å². The number of carbonyl (C=O) groups excluding carboxylic acids is 1. The molecule has 1 atom stereocenters. The van der Waals surface area contributed by atoms with Crippen LogP contribution in [0.1, 0.15) is 23.0 Å². The molecule has 0 bridgehead atoms. The SMILES string of the molecule is Cn1ccnc1C(NC(=O)Cc1ccc(Cl)cc1Cl)c1cccc(F)c1. The predicted molar refractivity (Wildman–Crippen MR) is 99.8 cm³/mol. The van der Waals surface area contributed by atoms with Crippen LogP contribution in [0.15, 0.2) is 54.9 Å². The van der Waals surface area contributed by atoms with E-state index < -0.39 is 6.04 Å². The van der Waals surface area contributed by atoms with Gasteiger partial charge in [0.2, 0.25) is 5.91 Å². The van der Waals surface area contributed by atoms with Crippen molar-refractivity contribution in [1.82, 2.24) is 14.9 Å². The van der Waals surface area contributed by atoms with Gasteiger partial charge < -0.3 is 9.88 Å². The van der Waals surface area contributed by atoms with Gasteiger partial charge in [-0.1, -0.05) is 41.4 Å². The van der Waals surface area contributed by atoms with E-state index in [9.17, 15) is 9.18 Å². The minimum atomic E-state index is -0.579. The molecule has 4 nitrogen and oxygen atoms in total. The highest BCUT2D eigenvalue weighted by Crippen LogP contribution is 2.24. The van der Waals surface area contributed by atoms with Gasteiger partial charge in [0.15, 0.2) is 0 Å². The maximum Gasteiger partial charge on any atom is 0.225 e. The first-order chi connectivity index (χ1) is 12.4. The second kappa shape index (κ2) is 7.89. The fourth-order valence-electron chi connectivity index (χ4n) is 2.69. The Balaban J connectivity index is 1.86. The fraction of sp³-hybridized carbons (Fsp3) is 0.158. The Kier molecular flexibility index (Phi) is 5.59. The number of hydrogen-bond donors (Lipinski definition) is 1. The number of halogens is 3. The molecule has 3 aromatic rings. The number of aromatic nitrogens is 2. The lowest BCUT2D eigenvalue weighted by Crippen LogP contribution is -2.32. The molecule has 1 aromatic heterocycles. The smallest absolute Gasteiger partial charge is 0.225 e. The number of carbonyl (C=O) groups is 1. The third-order valence-corrected chi connectivity index (χ3v) is 4.56. The third-order valence-electron chi connectivity index (χ3n) is 3.97. The second-order valence-corrected chi connectivity index (χ2v) is 6.71. The number of aryl methyl sites for hydroxylation is 1. The number of nitrogens with zero attached hydrogens (tertiary/aromatic N) is 2. The largest absolute Gasteiger partial charge is 0.342 e. The molecule has 0 aliphatic heterocycles. The molecular weight excluding hydrogens is 376 g/mol. The van der Waals surface area contributed by atoms with Gasteiger partial charge in [-0.25, -0.2) is 9.37 Å². The van der Waals surface area contributed by atoms with Gasteiger partial charge >= 0.3 is 0 Å². The molecule has 0 radical (unpaired) electrons. The van der Waals surface area contributed by atoms with Crippen molar-refractivity contribution < 1.29 is 9.18 Å². The predicted octanol–water partition coefficient (Wildman–Crippen LogP) is 4.31. The molecular formula is C19H16Cl2FN3O. The van der Waals surface area contributed by atoms with Gasteiger partial charge in [0.1, 0.15) is 17.7 Å². The summed E-state index contributed by atoms with van der Waals surface area (Å²) in [4.78, 5) is 16.9. The fourth-order valence-corrected chi connectivity index (χ4v) is 3.16. The van der Waals surface area contributed by atoms with Crippen molar-refractivity contribution in [2.24, 2.45) is 7.05 Å². The van der Waals surface area contributed by atoms with Crippen LogP contribution in [0.4, 0.5) is 4.39 Å². The van der Waals surface area contributed by atoms with Gasteiger partial charge in [0.25, 0.3) is 0 Å². The number of imidazole rings is 1. The van der Waals surface area contributed by atoms with Crippen molar-refractivity contribution in [3.63, 3.8) is 0 Å². The van der Waals surface area contributed by atoms with E-state index in [1.54, 1.807) is 47.3 Å². The minimum absolute atomic E-state index is 0.0756. The molecule has 0 saturated carbocycles. The first-order valence-corrected chi connectivity index (χ1v) is 8.65. The molecule has 1 unspecified atom stereocenters. The molecule has 1 heterocycles. The van der Waals surface area contributed by atoms with Crippen molar-refractivity contribution in [2.45, 2.75) is 12.5 Å². The monoisotopic (exact) mass is 391 g/mol. The number of benzene rings is 2. The van der Waals surface area contributed by atoms with E-state index in [4.69, 9.17) is 23.2 Å². The number of rotatable bonds is 5. The molecule has 26 heavy (non-hydrogen) atoms. The minimum Gasteiger partial charge on any atom is -0.342 e. The summed E-state index contributed by atoms with van der Waals surface area (Å²) in [5, 5.41) is 3.84. The molecule has 1 amide bonds. The average molecular weight is 392 g/mol. The second-order valence-electron chi connectivity index (χ2n) is 5.86. The molecule has 0 aliphatic rings. The molecule has 134 valence electrons. The molecule has 0 fully saturated rings. The zero-order valence-electron chi connectivity index (χ0n) is 13.9. The van der Waals surface area contributed by atoms with E-state index in [-0.39, 0.29) is 18.1 Å². The van der Waals surface area contributed by atoms with Crippen molar-refractivity contribution in [1.29, 1.82) is 0 Å². The summed E-state index contributed by atoms with van der Waals surface area (Å²) in [5.41, 5.74) is 1.27. The van der Waals surface area contributed by atoms with Crippen molar-refractivity contribution in [3.8, 4) is 0 Å². The van der Waals surface area contributed by atoms with E-state index in [2.05, 4.69) is 10.3 Å². The van der Waals surface area contributed by atoms with Gasteiger partial charge in [-0.15, -0.1) is 0 Å². The summed E-state index contributed by atoms with van der Waals surface area (Å²) in [6.45, 7) is 0. The van der Waals surface area contributed by atoms with E-state index in [1.165, 1.54) is 12.1 Å². The van der Waals surface area contributed by atoms with E-state index in [0.717, 1.165) is 0 Å².